The van der Waals surface area contributed by atoms with Crippen molar-refractivity contribution < 1.29 is 0 Å². The van der Waals surface area contributed by atoms with Gasteiger partial charge < -0.3 is 0 Å². The Kier molecular flexibility index (Phi) is 3.40. The Balaban J connectivity index is 2.23. The molecule has 1 saturated heterocycles. The first-order chi connectivity index (χ1) is 7.31. The predicted octanol–water partition coefficient (Wildman–Crippen LogP) is 3.11. The topological polar surface area (TPSA) is 27.0 Å². The van der Waals surface area contributed by atoms with Gasteiger partial charge in [-0.1, -0.05) is 28.1 Å². The van der Waals surface area contributed by atoms with Crippen molar-refractivity contribution in [1.82, 2.24) is 4.90 Å². The minimum atomic E-state index is -0.0787. The average molecular weight is 265 g/mol. The normalized spacial score (nSPS) is 18.7. The largest absolute Gasteiger partial charge is 0.284 e. The number of halogens is 1. The first-order valence-corrected chi connectivity index (χ1v) is 5.99. The van der Waals surface area contributed by atoms with Crippen LogP contribution in [-0.4, -0.2) is 18.0 Å². The lowest BCUT2D eigenvalue weighted by molar-refractivity contribution is 0.294. The van der Waals surface area contributed by atoms with Crippen molar-refractivity contribution in [1.29, 1.82) is 5.26 Å². The van der Waals surface area contributed by atoms with Gasteiger partial charge in [0, 0.05) is 4.47 Å². The van der Waals surface area contributed by atoms with Crippen LogP contribution >= 0.6 is 15.9 Å². The quantitative estimate of drug-likeness (QED) is 0.821. The van der Waals surface area contributed by atoms with Gasteiger partial charge in [0.15, 0.2) is 0 Å². The van der Waals surface area contributed by atoms with Crippen LogP contribution in [0.1, 0.15) is 24.4 Å². The van der Waals surface area contributed by atoms with Gasteiger partial charge in [-0.25, -0.2) is 0 Å². The van der Waals surface area contributed by atoms with Gasteiger partial charge >= 0.3 is 0 Å². The molecule has 0 aliphatic carbocycles. The molecule has 1 unspecified atom stereocenters. The smallest absolute Gasteiger partial charge is 0.123 e. The predicted molar refractivity (Wildman–Crippen MR) is 63.3 cm³/mol. The standard InChI is InChI=1S/C12H13BrN2/c13-11-5-3-4-10(8-11)12(9-14)15-6-1-2-7-15/h3-5,8,12H,1-2,6-7H2. The van der Waals surface area contributed by atoms with E-state index in [2.05, 4.69) is 26.9 Å². The van der Waals surface area contributed by atoms with Crippen molar-refractivity contribution in [3.63, 3.8) is 0 Å². The van der Waals surface area contributed by atoms with E-state index in [-0.39, 0.29) is 6.04 Å². The van der Waals surface area contributed by atoms with Gasteiger partial charge in [0.2, 0.25) is 0 Å². The lowest BCUT2D eigenvalue weighted by Crippen LogP contribution is -2.24. The molecule has 3 heteroatoms. The van der Waals surface area contributed by atoms with Crippen LogP contribution in [0.3, 0.4) is 0 Å². The van der Waals surface area contributed by atoms with Crippen LogP contribution in [0, 0.1) is 11.3 Å². The summed E-state index contributed by atoms with van der Waals surface area (Å²) < 4.78 is 1.04. The van der Waals surface area contributed by atoms with Gasteiger partial charge in [0.25, 0.3) is 0 Å². The molecule has 0 amide bonds. The van der Waals surface area contributed by atoms with Gasteiger partial charge in [-0.15, -0.1) is 0 Å². The van der Waals surface area contributed by atoms with E-state index in [1.54, 1.807) is 0 Å². The Labute approximate surface area is 98.6 Å². The van der Waals surface area contributed by atoms with E-state index in [4.69, 9.17) is 0 Å². The maximum atomic E-state index is 9.22. The Morgan fingerprint density at radius 1 is 1.33 bits per heavy atom. The monoisotopic (exact) mass is 264 g/mol. The third kappa shape index (κ3) is 2.39. The maximum Gasteiger partial charge on any atom is 0.123 e. The van der Waals surface area contributed by atoms with Crippen LogP contribution in [-0.2, 0) is 0 Å². The molecule has 0 radical (unpaired) electrons. The van der Waals surface area contributed by atoms with Crippen LogP contribution < -0.4 is 0 Å². The molecule has 2 rings (SSSR count). The number of hydrogen-bond acceptors (Lipinski definition) is 2. The van der Waals surface area contributed by atoms with Crippen molar-refractivity contribution in [2.24, 2.45) is 0 Å². The summed E-state index contributed by atoms with van der Waals surface area (Å²) in [4.78, 5) is 2.25. The Bertz CT molecular complexity index is 377. The molecular weight excluding hydrogens is 252 g/mol. The minimum absolute atomic E-state index is 0.0787. The molecule has 1 fully saturated rings. The third-order valence-electron chi connectivity index (χ3n) is 2.79. The molecule has 2 nitrogen and oxygen atoms in total. The summed E-state index contributed by atoms with van der Waals surface area (Å²) in [5, 5.41) is 9.22. The molecule has 1 atom stereocenters. The molecule has 0 bridgehead atoms. The van der Waals surface area contributed by atoms with E-state index in [0.717, 1.165) is 23.1 Å². The summed E-state index contributed by atoms with van der Waals surface area (Å²) >= 11 is 3.44. The average Bonchev–Trinajstić information content (AvgIpc) is 2.72. The van der Waals surface area contributed by atoms with Crippen molar-refractivity contribution in [2.45, 2.75) is 18.9 Å². The zero-order valence-electron chi connectivity index (χ0n) is 8.49. The van der Waals surface area contributed by atoms with Crippen LogP contribution in [0.5, 0.6) is 0 Å². The van der Waals surface area contributed by atoms with E-state index in [1.807, 2.05) is 24.3 Å². The molecule has 0 saturated carbocycles. The molecule has 15 heavy (non-hydrogen) atoms. The number of nitrogens with zero attached hydrogens (tertiary/aromatic N) is 2. The lowest BCUT2D eigenvalue weighted by Gasteiger charge is -2.21. The van der Waals surface area contributed by atoms with Crippen molar-refractivity contribution in [2.75, 3.05) is 13.1 Å². The molecule has 1 aliphatic heterocycles. The summed E-state index contributed by atoms with van der Waals surface area (Å²) in [6.45, 7) is 2.09. The zero-order valence-corrected chi connectivity index (χ0v) is 10.1. The van der Waals surface area contributed by atoms with Crippen LogP contribution in [0.15, 0.2) is 28.7 Å². The highest BCUT2D eigenvalue weighted by Crippen LogP contribution is 2.26. The molecule has 0 spiro atoms. The second-order valence-corrected chi connectivity index (χ2v) is 4.75. The zero-order chi connectivity index (χ0) is 10.7. The molecule has 1 aromatic rings. The molecule has 0 aromatic heterocycles. The van der Waals surface area contributed by atoms with Crippen LogP contribution in [0.4, 0.5) is 0 Å². The molecule has 1 aromatic carbocycles. The molecule has 0 N–H and O–H groups in total. The van der Waals surface area contributed by atoms with Crippen molar-refractivity contribution in [3.8, 4) is 6.07 Å². The summed E-state index contributed by atoms with van der Waals surface area (Å²) in [7, 11) is 0. The summed E-state index contributed by atoms with van der Waals surface area (Å²) in [6.07, 6.45) is 2.43. The Morgan fingerprint density at radius 3 is 2.67 bits per heavy atom. The van der Waals surface area contributed by atoms with E-state index in [1.165, 1.54) is 12.8 Å². The fraction of sp³-hybridized carbons (Fsp3) is 0.417. The Hall–Kier alpha value is -0.850. The fourth-order valence-corrected chi connectivity index (χ4v) is 2.46. The highest BCUT2D eigenvalue weighted by molar-refractivity contribution is 9.10. The second kappa shape index (κ2) is 4.78. The first kappa shape index (κ1) is 10.7. The first-order valence-electron chi connectivity index (χ1n) is 5.20. The Morgan fingerprint density at radius 2 is 2.07 bits per heavy atom. The van der Waals surface area contributed by atoms with Gasteiger partial charge in [-0.3, -0.25) is 4.90 Å². The number of benzene rings is 1. The highest BCUT2D eigenvalue weighted by atomic mass is 79.9. The summed E-state index contributed by atoms with van der Waals surface area (Å²) in [6, 6.07) is 10.3. The number of likely N-dealkylation sites (tertiary alicyclic amines) is 1. The maximum absolute atomic E-state index is 9.22. The van der Waals surface area contributed by atoms with Crippen LogP contribution in [0.25, 0.3) is 0 Å². The lowest BCUT2D eigenvalue weighted by atomic mass is 10.1. The number of rotatable bonds is 2. The van der Waals surface area contributed by atoms with E-state index in [0.29, 0.717) is 0 Å². The van der Waals surface area contributed by atoms with E-state index in [9.17, 15) is 5.26 Å². The van der Waals surface area contributed by atoms with Crippen molar-refractivity contribution in [3.05, 3.63) is 34.3 Å². The minimum Gasteiger partial charge on any atom is -0.284 e. The summed E-state index contributed by atoms with van der Waals surface area (Å²) in [5.41, 5.74) is 1.09. The SMILES string of the molecule is N#CC(c1cccc(Br)c1)N1CCCC1. The van der Waals surface area contributed by atoms with Crippen molar-refractivity contribution >= 4 is 15.9 Å². The number of nitriles is 1. The van der Waals surface area contributed by atoms with Gasteiger partial charge in [-0.05, 0) is 43.6 Å². The van der Waals surface area contributed by atoms with Gasteiger partial charge in [-0.2, -0.15) is 5.26 Å². The fourth-order valence-electron chi connectivity index (χ4n) is 2.04. The second-order valence-electron chi connectivity index (χ2n) is 3.83. The highest BCUT2D eigenvalue weighted by Gasteiger charge is 2.22. The van der Waals surface area contributed by atoms with E-state index < -0.39 is 0 Å². The molecular formula is C12H13BrN2. The molecule has 1 aliphatic rings. The third-order valence-corrected chi connectivity index (χ3v) is 3.29. The van der Waals surface area contributed by atoms with Crippen LogP contribution in [0.2, 0.25) is 0 Å². The van der Waals surface area contributed by atoms with Gasteiger partial charge in [0.05, 0.1) is 6.07 Å². The summed E-state index contributed by atoms with van der Waals surface area (Å²) in [5.74, 6) is 0. The number of hydrogen-bond donors (Lipinski definition) is 0. The van der Waals surface area contributed by atoms with E-state index >= 15 is 0 Å². The molecule has 1 heterocycles. The van der Waals surface area contributed by atoms with Gasteiger partial charge in [0.1, 0.15) is 6.04 Å². The molecule has 78 valence electrons.